The zero-order valence-electron chi connectivity index (χ0n) is 12.2. The Morgan fingerprint density at radius 1 is 1.12 bits per heavy atom. The largest absolute Gasteiger partial charge is 0.330 e. The molecule has 0 amide bonds. The summed E-state index contributed by atoms with van der Waals surface area (Å²) in [4.78, 5) is 2.47. The molecule has 98 valence electrons. The Balaban J connectivity index is 3.67. The van der Waals surface area contributed by atoms with Gasteiger partial charge in [-0.05, 0) is 51.2 Å². The van der Waals surface area contributed by atoms with E-state index < -0.39 is 0 Å². The molecule has 2 heteroatoms. The lowest BCUT2D eigenvalue weighted by Crippen LogP contribution is -2.34. The molecule has 1 unspecified atom stereocenters. The van der Waals surface area contributed by atoms with Crippen LogP contribution in [0.5, 0.6) is 0 Å². The predicted octanol–water partition coefficient (Wildman–Crippen LogP) is 3.12. The van der Waals surface area contributed by atoms with Crippen molar-refractivity contribution >= 4 is 0 Å². The first kappa shape index (κ1) is 15.9. The van der Waals surface area contributed by atoms with Crippen LogP contribution in [-0.2, 0) is 0 Å². The molecule has 2 N–H and O–H groups in total. The van der Waals surface area contributed by atoms with Gasteiger partial charge in [-0.15, -0.1) is 0 Å². The summed E-state index contributed by atoms with van der Waals surface area (Å²) < 4.78 is 0. The standard InChI is InChI=1S/C14H32N2/c1-12(2)13(3)16(6)10-8-7-9-14(4,5)11-15/h12-13H,7-11,15H2,1-6H3. The van der Waals surface area contributed by atoms with E-state index in [1.54, 1.807) is 0 Å². The molecule has 2 nitrogen and oxygen atoms in total. The van der Waals surface area contributed by atoms with Gasteiger partial charge < -0.3 is 10.6 Å². The van der Waals surface area contributed by atoms with Crippen LogP contribution >= 0.6 is 0 Å². The van der Waals surface area contributed by atoms with E-state index in [0.717, 1.165) is 12.5 Å². The number of rotatable bonds is 8. The summed E-state index contributed by atoms with van der Waals surface area (Å²) in [5.74, 6) is 0.741. The quantitative estimate of drug-likeness (QED) is 0.647. The van der Waals surface area contributed by atoms with E-state index in [1.807, 2.05) is 0 Å². The summed E-state index contributed by atoms with van der Waals surface area (Å²) in [6.45, 7) is 13.4. The van der Waals surface area contributed by atoms with E-state index in [2.05, 4.69) is 46.6 Å². The van der Waals surface area contributed by atoms with Gasteiger partial charge in [-0.1, -0.05) is 34.1 Å². The minimum Gasteiger partial charge on any atom is -0.330 e. The van der Waals surface area contributed by atoms with E-state index >= 15 is 0 Å². The highest BCUT2D eigenvalue weighted by molar-refractivity contribution is 4.70. The third kappa shape index (κ3) is 6.49. The van der Waals surface area contributed by atoms with Gasteiger partial charge in [-0.3, -0.25) is 0 Å². The molecule has 0 heterocycles. The first-order valence-corrected chi connectivity index (χ1v) is 6.70. The second kappa shape index (κ2) is 7.29. The van der Waals surface area contributed by atoms with Gasteiger partial charge >= 0.3 is 0 Å². The molecule has 16 heavy (non-hydrogen) atoms. The van der Waals surface area contributed by atoms with Gasteiger partial charge in [0.1, 0.15) is 0 Å². The fourth-order valence-corrected chi connectivity index (χ4v) is 1.78. The van der Waals surface area contributed by atoms with E-state index in [4.69, 9.17) is 5.73 Å². The van der Waals surface area contributed by atoms with Crippen LogP contribution in [0.3, 0.4) is 0 Å². The van der Waals surface area contributed by atoms with Crippen LogP contribution in [-0.4, -0.2) is 31.1 Å². The number of nitrogens with two attached hydrogens (primary N) is 1. The third-order valence-corrected chi connectivity index (χ3v) is 3.83. The van der Waals surface area contributed by atoms with Crippen molar-refractivity contribution in [2.45, 2.75) is 59.9 Å². The Bertz CT molecular complexity index is 176. The van der Waals surface area contributed by atoms with Gasteiger partial charge in [-0.25, -0.2) is 0 Å². The molecule has 0 spiro atoms. The van der Waals surface area contributed by atoms with Crippen molar-refractivity contribution in [2.24, 2.45) is 17.1 Å². The molecular formula is C14H32N2. The molecule has 0 saturated heterocycles. The predicted molar refractivity (Wildman–Crippen MR) is 73.6 cm³/mol. The Labute approximate surface area is 103 Å². The molecule has 0 bridgehead atoms. The summed E-state index contributed by atoms with van der Waals surface area (Å²) in [7, 11) is 2.23. The van der Waals surface area contributed by atoms with Gasteiger partial charge in [0.2, 0.25) is 0 Å². The lowest BCUT2D eigenvalue weighted by atomic mass is 9.87. The maximum absolute atomic E-state index is 5.73. The van der Waals surface area contributed by atoms with Crippen LogP contribution in [0.2, 0.25) is 0 Å². The van der Waals surface area contributed by atoms with Crippen LogP contribution in [0.4, 0.5) is 0 Å². The maximum Gasteiger partial charge on any atom is 0.00868 e. The Morgan fingerprint density at radius 3 is 2.12 bits per heavy atom. The molecule has 0 fully saturated rings. The molecule has 0 aromatic heterocycles. The minimum absolute atomic E-state index is 0.322. The highest BCUT2D eigenvalue weighted by atomic mass is 15.1. The Kier molecular flexibility index (Phi) is 7.25. The van der Waals surface area contributed by atoms with Crippen molar-refractivity contribution in [2.75, 3.05) is 20.1 Å². The van der Waals surface area contributed by atoms with E-state index in [0.29, 0.717) is 11.5 Å². The zero-order valence-corrected chi connectivity index (χ0v) is 12.2. The van der Waals surface area contributed by atoms with E-state index in [-0.39, 0.29) is 0 Å². The monoisotopic (exact) mass is 228 g/mol. The summed E-state index contributed by atoms with van der Waals surface area (Å²) >= 11 is 0. The van der Waals surface area contributed by atoms with Crippen LogP contribution in [0.15, 0.2) is 0 Å². The number of unbranched alkanes of at least 4 members (excludes halogenated alkanes) is 1. The van der Waals surface area contributed by atoms with Gasteiger partial charge in [0.25, 0.3) is 0 Å². The summed E-state index contributed by atoms with van der Waals surface area (Å²) in [5.41, 5.74) is 6.05. The third-order valence-electron chi connectivity index (χ3n) is 3.83. The zero-order chi connectivity index (χ0) is 12.8. The molecule has 0 aliphatic carbocycles. The normalized spacial score (nSPS) is 14.8. The fraction of sp³-hybridized carbons (Fsp3) is 1.00. The van der Waals surface area contributed by atoms with Crippen molar-refractivity contribution in [1.82, 2.24) is 4.90 Å². The fourth-order valence-electron chi connectivity index (χ4n) is 1.78. The van der Waals surface area contributed by atoms with Gasteiger partial charge in [0.15, 0.2) is 0 Å². The molecule has 0 aliphatic rings. The van der Waals surface area contributed by atoms with Gasteiger partial charge in [-0.2, -0.15) is 0 Å². The Morgan fingerprint density at radius 2 is 1.69 bits per heavy atom. The summed E-state index contributed by atoms with van der Waals surface area (Å²) in [5, 5.41) is 0. The SMILES string of the molecule is CC(C)C(C)N(C)CCCCC(C)(C)CN. The lowest BCUT2D eigenvalue weighted by Gasteiger charge is -2.28. The molecule has 0 aromatic carbocycles. The second-order valence-electron chi connectivity index (χ2n) is 6.29. The molecule has 0 rings (SSSR count). The smallest absolute Gasteiger partial charge is 0.00868 e. The summed E-state index contributed by atoms with van der Waals surface area (Å²) in [6, 6.07) is 0.683. The number of nitrogens with zero attached hydrogens (tertiary/aromatic N) is 1. The number of hydrogen-bond acceptors (Lipinski definition) is 2. The van der Waals surface area contributed by atoms with Gasteiger partial charge in [0, 0.05) is 6.04 Å². The molecule has 1 atom stereocenters. The molecule has 0 aromatic rings. The maximum atomic E-state index is 5.73. The average molecular weight is 228 g/mol. The van der Waals surface area contributed by atoms with Crippen molar-refractivity contribution in [1.29, 1.82) is 0 Å². The first-order valence-electron chi connectivity index (χ1n) is 6.70. The van der Waals surface area contributed by atoms with Crippen LogP contribution in [0, 0.1) is 11.3 Å². The van der Waals surface area contributed by atoms with Crippen molar-refractivity contribution < 1.29 is 0 Å². The van der Waals surface area contributed by atoms with Crippen molar-refractivity contribution in [3.63, 3.8) is 0 Å². The molecule has 0 aliphatic heterocycles. The lowest BCUT2D eigenvalue weighted by molar-refractivity contribution is 0.200. The topological polar surface area (TPSA) is 29.3 Å². The van der Waals surface area contributed by atoms with Crippen LogP contribution in [0.1, 0.15) is 53.9 Å². The second-order valence-corrected chi connectivity index (χ2v) is 6.29. The average Bonchev–Trinajstić information content (AvgIpc) is 2.22. The van der Waals surface area contributed by atoms with E-state index in [1.165, 1.54) is 25.8 Å². The minimum atomic E-state index is 0.322. The highest BCUT2D eigenvalue weighted by Gasteiger charge is 2.16. The molecule has 0 radical (unpaired) electrons. The van der Waals surface area contributed by atoms with Crippen molar-refractivity contribution in [3.8, 4) is 0 Å². The summed E-state index contributed by atoms with van der Waals surface area (Å²) in [6.07, 6.45) is 3.82. The van der Waals surface area contributed by atoms with Gasteiger partial charge in [0.05, 0.1) is 0 Å². The highest BCUT2D eigenvalue weighted by Crippen LogP contribution is 2.21. The van der Waals surface area contributed by atoms with Crippen LogP contribution < -0.4 is 5.73 Å². The number of hydrogen-bond donors (Lipinski definition) is 1. The molecular weight excluding hydrogens is 196 g/mol. The molecule has 0 saturated carbocycles. The first-order chi connectivity index (χ1) is 7.30. The van der Waals surface area contributed by atoms with Crippen LogP contribution in [0.25, 0.3) is 0 Å². The van der Waals surface area contributed by atoms with Crippen molar-refractivity contribution in [3.05, 3.63) is 0 Å². The Hall–Kier alpha value is -0.0800. The van der Waals surface area contributed by atoms with E-state index in [9.17, 15) is 0 Å².